The van der Waals surface area contributed by atoms with Crippen molar-refractivity contribution in [3.8, 4) is 0 Å². The third-order valence-corrected chi connectivity index (χ3v) is 5.80. The maximum absolute atomic E-state index is 12.7. The fourth-order valence-corrected chi connectivity index (χ4v) is 4.27. The number of carboxylic acid groups (broad SMARTS) is 1. The molecule has 1 aliphatic heterocycles. The van der Waals surface area contributed by atoms with Crippen molar-refractivity contribution in [2.45, 2.75) is 32.7 Å². The van der Waals surface area contributed by atoms with Crippen LogP contribution in [0.1, 0.15) is 33.0 Å². The largest absolute Gasteiger partial charge is 0.465 e. The number of H-pyrrole nitrogens is 1. The van der Waals surface area contributed by atoms with Crippen LogP contribution < -0.4 is 5.56 Å². The number of rotatable bonds is 1. The van der Waals surface area contributed by atoms with E-state index in [2.05, 4.69) is 25.9 Å². The second-order valence-electron chi connectivity index (χ2n) is 7.63. The average molecular weight is 420 g/mol. The molecular weight excluding hydrogens is 402 g/mol. The van der Waals surface area contributed by atoms with E-state index in [0.717, 1.165) is 4.47 Å². The summed E-state index contributed by atoms with van der Waals surface area (Å²) < 4.78 is 6.51. The first-order chi connectivity index (χ1) is 12.1. The number of furan rings is 1. The number of aromatic amines is 1. The Kier molecular flexibility index (Phi) is 3.50. The Hall–Kier alpha value is -2.35. The Balaban J connectivity index is 2.05. The lowest BCUT2D eigenvalue weighted by Gasteiger charge is -2.57. The van der Waals surface area contributed by atoms with Crippen molar-refractivity contribution in [1.29, 1.82) is 0 Å². The Bertz CT molecular complexity index is 1110. The lowest BCUT2D eigenvalue weighted by atomic mass is 9.65. The Labute approximate surface area is 157 Å². The molecule has 1 atom stereocenters. The van der Waals surface area contributed by atoms with Gasteiger partial charge in [0.2, 0.25) is 5.58 Å². The molecule has 2 N–H and O–H groups in total. The van der Waals surface area contributed by atoms with Crippen molar-refractivity contribution in [3.05, 3.63) is 38.9 Å². The molecule has 3 aromatic rings. The Morgan fingerprint density at radius 2 is 2.15 bits per heavy atom. The lowest BCUT2D eigenvalue weighted by molar-refractivity contribution is -0.0837. The second-order valence-corrected chi connectivity index (χ2v) is 8.54. The number of amides is 1. The van der Waals surface area contributed by atoms with Gasteiger partial charge < -0.3 is 14.5 Å². The summed E-state index contributed by atoms with van der Waals surface area (Å²) in [6.07, 6.45) is -0.426. The van der Waals surface area contributed by atoms with Crippen molar-refractivity contribution >= 4 is 44.1 Å². The van der Waals surface area contributed by atoms with Crippen LogP contribution in [0.25, 0.3) is 22.1 Å². The second kappa shape index (κ2) is 5.33. The smallest absolute Gasteiger partial charge is 0.408 e. The molecule has 0 radical (unpaired) electrons. The third kappa shape index (κ3) is 2.14. The first kappa shape index (κ1) is 17.1. The average Bonchev–Trinajstić information content (AvgIpc) is 2.83. The molecule has 0 spiro atoms. The minimum atomic E-state index is -1.02. The normalized spacial score (nSPS) is 20.5. The van der Waals surface area contributed by atoms with E-state index < -0.39 is 22.6 Å². The minimum Gasteiger partial charge on any atom is -0.465 e. The number of benzene rings is 1. The summed E-state index contributed by atoms with van der Waals surface area (Å²) in [5.74, 6) is 0.360. The summed E-state index contributed by atoms with van der Waals surface area (Å²) in [6, 6.07) is 5.44. The van der Waals surface area contributed by atoms with Gasteiger partial charge in [0, 0.05) is 16.4 Å². The lowest BCUT2D eigenvalue weighted by Crippen LogP contribution is -2.66. The van der Waals surface area contributed by atoms with Crippen molar-refractivity contribution in [3.63, 3.8) is 0 Å². The number of nitrogens with zero attached hydrogens (tertiary/aromatic N) is 2. The number of nitrogens with one attached hydrogen (secondary N) is 1. The van der Waals surface area contributed by atoms with Gasteiger partial charge in [0.15, 0.2) is 0 Å². The van der Waals surface area contributed by atoms with Crippen LogP contribution in [0, 0.1) is 5.41 Å². The summed E-state index contributed by atoms with van der Waals surface area (Å²) in [5.41, 5.74) is -0.590. The highest BCUT2D eigenvalue weighted by atomic mass is 79.9. The zero-order valence-corrected chi connectivity index (χ0v) is 16.2. The van der Waals surface area contributed by atoms with Crippen molar-refractivity contribution in [2.24, 2.45) is 5.41 Å². The van der Waals surface area contributed by atoms with Crippen LogP contribution in [0.15, 0.2) is 31.9 Å². The zero-order valence-electron chi connectivity index (χ0n) is 14.6. The maximum Gasteiger partial charge on any atom is 0.408 e. The van der Waals surface area contributed by atoms with E-state index in [1.807, 2.05) is 32.9 Å². The summed E-state index contributed by atoms with van der Waals surface area (Å²) >= 11 is 3.42. The van der Waals surface area contributed by atoms with Crippen LogP contribution in [-0.4, -0.2) is 32.6 Å². The molecule has 0 bridgehead atoms. The number of likely N-dealkylation sites (tertiary alicyclic amines) is 1. The van der Waals surface area contributed by atoms with E-state index in [9.17, 15) is 14.7 Å². The van der Waals surface area contributed by atoms with Crippen molar-refractivity contribution in [1.82, 2.24) is 14.9 Å². The topological polar surface area (TPSA) is 99.4 Å². The third-order valence-electron chi connectivity index (χ3n) is 5.31. The van der Waals surface area contributed by atoms with Gasteiger partial charge in [-0.05, 0) is 30.0 Å². The van der Waals surface area contributed by atoms with Gasteiger partial charge in [-0.25, -0.2) is 9.78 Å². The van der Waals surface area contributed by atoms with E-state index in [1.165, 1.54) is 4.90 Å². The van der Waals surface area contributed by atoms with Gasteiger partial charge in [0.05, 0.1) is 0 Å². The van der Waals surface area contributed by atoms with E-state index in [1.54, 1.807) is 6.07 Å². The van der Waals surface area contributed by atoms with E-state index >= 15 is 0 Å². The molecule has 0 saturated carbocycles. The molecule has 1 fully saturated rings. The predicted octanol–water partition coefficient (Wildman–Crippen LogP) is 4.06. The van der Waals surface area contributed by atoms with Crippen molar-refractivity contribution in [2.75, 3.05) is 6.54 Å². The molecule has 7 nitrogen and oxygen atoms in total. The number of aromatic nitrogens is 2. The van der Waals surface area contributed by atoms with E-state index in [-0.39, 0.29) is 5.58 Å². The molecule has 4 rings (SSSR count). The molecule has 8 heteroatoms. The molecule has 1 aliphatic rings. The van der Waals surface area contributed by atoms with Crippen LogP contribution >= 0.6 is 15.9 Å². The SMILES string of the molecule is CC(C)(C)[C@]1(c2nc3c(oc4ccc(Br)cc43)c(=O)[nH]2)CCN1C(=O)O. The van der Waals surface area contributed by atoms with Gasteiger partial charge in [-0.15, -0.1) is 0 Å². The van der Waals surface area contributed by atoms with E-state index in [0.29, 0.717) is 35.3 Å². The fourth-order valence-electron chi connectivity index (χ4n) is 3.91. The highest BCUT2D eigenvalue weighted by molar-refractivity contribution is 9.10. The van der Waals surface area contributed by atoms with Crippen LogP contribution in [-0.2, 0) is 5.54 Å². The van der Waals surface area contributed by atoms with Gasteiger partial charge in [-0.2, -0.15) is 0 Å². The minimum absolute atomic E-state index is 0.145. The van der Waals surface area contributed by atoms with Crippen molar-refractivity contribution < 1.29 is 14.3 Å². The zero-order chi connectivity index (χ0) is 18.9. The van der Waals surface area contributed by atoms with Gasteiger partial charge in [0.1, 0.15) is 22.5 Å². The number of halogens is 1. The Morgan fingerprint density at radius 3 is 2.73 bits per heavy atom. The summed E-state index contributed by atoms with van der Waals surface area (Å²) in [6.45, 7) is 6.27. The Morgan fingerprint density at radius 1 is 1.42 bits per heavy atom. The first-order valence-electron chi connectivity index (χ1n) is 8.28. The highest BCUT2D eigenvalue weighted by Gasteiger charge is 2.58. The molecule has 26 heavy (non-hydrogen) atoms. The number of hydrogen-bond donors (Lipinski definition) is 2. The van der Waals surface area contributed by atoms with Gasteiger partial charge in [0.25, 0.3) is 5.56 Å². The number of hydrogen-bond acceptors (Lipinski definition) is 4. The van der Waals surface area contributed by atoms with Crippen LogP contribution in [0.4, 0.5) is 4.79 Å². The number of carbonyl (C=O) groups is 1. The molecule has 0 aliphatic carbocycles. The predicted molar refractivity (Wildman–Crippen MR) is 100 cm³/mol. The molecule has 1 aromatic carbocycles. The maximum atomic E-state index is 12.7. The summed E-state index contributed by atoms with van der Waals surface area (Å²) in [5, 5.41) is 10.3. The van der Waals surface area contributed by atoms with Gasteiger partial charge in [-0.3, -0.25) is 9.69 Å². The fraction of sp³-hybridized carbons (Fsp3) is 0.389. The first-order valence-corrected chi connectivity index (χ1v) is 9.07. The number of fused-ring (bicyclic) bond motifs is 3. The van der Waals surface area contributed by atoms with Crippen LogP contribution in [0.5, 0.6) is 0 Å². The molecule has 2 aromatic heterocycles. The highest BCUT2D eigenvalue weighted by Crippen LogP contribution is 2.51. The van der Waals surface area contributed by atoms with Crippen LogP contribution in [0.3, 0.4) is 0 Å². The molecule has 1 amide bonds. The molecule has 136 valence electrons. The van der Waals surface area contributed by atoms with Crippen LogP contribution in [0.2, 0.25) is 0 Å². The monoisotopic (exact) mass is 419 g/mol. The van der Waals surface area contributed by atoms with E-state index in [4.69, 9.17) is 4.42 Å². The standard InChI is InChI=1S/C18H18BrN3O4/c1-17(2,3)18(6-7-22(18)16(24)25)15-20-12-10-8-9(19)4-5-11(10)26-13(12)14(23)21-15/h4-5,8H,6-7H2,1-3H3,(H,24,25)(H,20,21,23)/t18-/m1/s1. The molecule has 0 unspecified atom stereocenters. The molecule has 3 heterocycles. The molecule has 1 saturated heterocycles. The summed E-state index contributed by atoms with van der Waals surface area (Å²) in [4.78, 5) is 33.3. The summed E-state index contributed by atoms with van der Waals surface area (Å²) in [7, 11) is 0. The van der Waals surface area contributed by atoms with Gasteiger partial charge >= 0.3 is 6.09 Å². The quantitative estimate of drug-likeness (QED) is 0.619. The molecular formula is C18H18BrN3O4. The van der Waals surface area contributed by atoms with Gasteiger partial charge in [-0.1, -0.05) is 36.7 Å².